The van der Waals surface area contributed by atoms with Crippen LogP contribution in [0.3, 0.4) is 0 Å². The summed E-state index contributed by atoms with van der Waals surface area (Å²) < 4.78 is 11.3. The molecule has 1 aliphatic rings. The summed E-state index contributed by atoms with van der Waals surface area (Å²) in [7, 11) is 0. The Morgan fingerprint density at radius 2 is 2.00 bits per heavy atom. The van der Waals surface area contributed by atoms with Crippen LogP contribution in [0.4, 0.5) is 0 Å². The fourth-order valence-electron chi connectivity index (χ4n) is 2.90. The molecule has 1 aromatic heterocycles. The Morgan fingerprint density at radius 1 is 1.27 bits per heavy atom. The van der Waals surface area contributed by atoms with Crippen molar-refractivity contribution < 1.29 is 13.9 Å². The van der Waals surface area contributed by atoms with Crippen molar-refractivity contribution in [3.05, 3.63) is 50.9 Å². The largest absolute Gasteiger partial charge is 0.489 e. The quantitative estimate of drug-likeness (QED) is 0.635. The zero-order valence-corrected chi connectivity index (χ0v) is 15.8. The van der Waals surface area contributed by atoms with Gasteiger partial charge in [0.15, 0.2) is 0 Å². The zero-order valence-electron chi connectivity index (χ0n) is 15.8. The molecule has 26 heavy (non-hydrogen) atoms. The van der Waals surface area contributed by atoms with Gasteiger partial charge in [-0.3, -0.25) is 4.79 Å². The number of amides is 1. The summed E-state index contributed by atoms with van der Waals surface area (Å²) in [5.74, 6) is 0.567. The Hall–Kier alpha value is -2.56. The minimum absolute atomic E-state index is 0.0540. The van der Waals surface area contributed by atoms with Crippen molar-refractivity contribution in [1.82, 2.24) is 5.32 Å². The lowest BCUT2D eigenvalue weighted by molar-refractivity contribution is -0.120. The molecule has 0 aliphatic heterocycles. The van der Waals surface area contributed by atoms with E-state index in [2.05, 4.69) is 5.32 Å². The van der Waals surface area contributed by atoms with Crippen LogP contribution in [-0.4, -0.2) is 18.6 Å². The van der Waals surface area contributed by atoms with Gasteiger partial charge in [0.1, 0.15) is 17.9 Å². The molecule has 0 unspecified atom stereocenters. The second kappa shape index (κ2) is 7.36. The Bertz CT molecular complexity index is 931. The highest BCUT2D eigenvalue weighted by Crippen LogP contribution is 2.29. The van der Waals surface area contributed by atoms with Crippen LogP contribution >= 0.6 is 0 Å². The van der Waals surface area contributed by atoms with Crippen LogP contribution < -0.4 is 15.7 Å². The molecule has 0 saturated heterocycles. The molecule has 0 atom stereocenters. The fraction of sp³-hybridized carbons (Fsp3) is 0.429. The second-order valence-corrected chi connectivity index (χ2v) is 7.17. The maximum Gasteiger partial charge on any atom is 0.340 e. The van der Waals surface area contributed by atoms with E-state index < -0.39 is 5.63 Å². The number of hydrogen-bond acceptors (Lipinski definition) is 4. The van der Waals surface area contributed by atoms with Gasteiger partial charge >= 0.3 is 5.63 Å². The summed E-state index contributed by atoms with van der Waals surface area (Å²) in [6.45, 7) is 8.24. The molecule has 1 aromatic carbocycles. The van der Waals surface area contributed by atoms with E-state index in [9.17, 15) is 9.59 Å². The van der Waals surface area contributed by atoms with Gasteiger partial charge in [0.2, 0.25) is 5.91 Å². The zero-order chi connectivity index (χ0) is 18.8. The lowest BCUT2D eigenvalue weighted by atomic mass is 10.0. The molecule has 2 aromatic rings. The third-order valence-electron chi connectivity index (χ3n) is 4.66. The van der Waals surface area contributed by atoms with Gasteiger partial charge in [0.05, 0.1) is 12.0 Å². The first kappa shape index (κ1) is 18.2. The molecule has 1 fully saturated rings. The number of rotatable bonds is 6. The molecule has 5 nitrogen and oxygen atoms in total. The standard InChI is InChI=1S/C21H25NO4/c1-12(2)9-10-25-18-8-7-16-13(3)17(11-19(23)22-15-5-6-15)21(24)26-20(16)14(18)4/h7-9,15H,5-6,10-11H2,1-4H3,(H,22,23). The monoisotopic (exact) mass is 355 g/mol. The Balaban J connectivity index is 1.92. The van der Waals surface area contributed by atoms with Crippen molar-refractivity contribution in [2.45, 2.75) is 53.0 Å². The molecular weight excluding hydrogens is 330 g/mol. The van der Waals surface area contributed by atoms with Crippen LogP contribution in [0.5, 0.6) is 5.75 Å². The Morgan fingerprint density at radius 3 is 2.65 bits per heavy atom. The Labute approximate surface area is 153 Å². The van der Waals surface area contributed by atoms with E-state index in [4.69, 9.17) is 9.15 Å². The van der Waals surface area contributed by atoms with Crippen LogP contribution in [0.1, 0.15) is 43.4 Å². The van der Waals surface area contributed by atoms with Gasteiger partial charge in [0, 0.05) is 17.0 Å². The smallest absolute Gasteiger partial charge is 0.340 e. The molecule has 0 radical (unpaired) electrons. The second-order valence-electron chi connectivity index (χ2n) is 7.17. The summed E-state index contributed by atoms with van der Waals surface area (Å²) in [6.07, 6.45) is 4.09. The predicted molar refractivity (Wildman–Crippen MR) is 102 cm³/mol. The number of aryl methyl sites for hydroxylation is 2. The molecule has 1 saturated carbocycles. The van der Waals surface area contributed by atoms with Gasteiger partial charge in [-0.2, -0.15) is 0 Å². The summed E-state index contributed by atoms with van der Waals surface area (Å²) in [4.78, 5) is 24.5. The molecular formula is C21H25NO4. The first-order valence-electron chi connectivity index (χ1n) is 8.98. The molecule has 138 valence electrons. The predicted octanol–water partition coefficient (Wildman–Crippen LogP) is 3.58. The normalized spacial score (nSPS) is 13.5. The maximum absolute atomic E-state index is 12.5. The number of carbonyl (C=O) groups excluding carboxylic acids is 1. The molecule has 1 aliphatic carbocycles. The Kier molecular flexibility index (Phi) is 5.16. The fourth-order valence-corrected chi connectivity index (χ4v) is 2.90. The van der Waals surface area contributed by atoms with Gasteiger partial charge in [-0.05, 0) is 64.3 Å². The maximum atomic E-state index is 12.5. The lowest BCUT2D eigenvalue weighted by Crippen LogP contribution is -2.29. The van der Waals surface area contributed by atoms with Gasteiger partial charge in [-0.1, -0.05) is 5.57 Å². The first-order chi connectivity index (χ1) is 12.4. The summed E-state index contributed by atoms with van der Waals surface area (Å²) >= 11 is 0. The lowest BCUT2D eigenvalue weighted by Gasteiger charge is -2.12. The van der Waals surface area contributed by atoms with Crippen LogP contribution in [0.25, 0.3) is 11.0 Å². The number of ether oxygens (including phenoxy) is 1. The highest BCUT2D eigenvalue weighted by Gasteiger charge is 2.24. The number of nitrogens with one attached hydrogen (secondary N) is 1. The molecule has 0 bridgehead atoms. The van der Waals surface area contributed by atoms with Crippen LogP contribution in [0, 0.1) is 13.8 Å². The number of benzene rings is 1. The van der Waals surface area contributed by atoms with Crippen molar-refractivity contribution >= 4 is 16.9 Å². The van der Waals surface area contributed by atoms with E-state index in [-0.39, 0.29) is 18.4 Å². The van der Waals surface area contributed by atoms with Crippen molar-refractivity contribution in [3.8, 4) is 5.75 Å². The van der Waals surface area contributed by atoms with Crippen LogP contribution in [0.15, 0.2) is 33.0 Å². The topological polar surface area (TPSA) is 68.5 Å². The summed E-state index contributed by atoms with van der Waals surface area (Å²) in [6, 6.07) is 4.05. The average molecular weight is 355 g/mol. The van der Waals surface area contributed by atoms with E-state index in [0.717, 1.165) is 29.4 Å². The minimum Gasteiger partial charge on any atom is -0.489 e. The highest BCUT2D eigenvalue weighted by atomic mass is 16.5. The van der Waals surface area contributed by atoms with Gasteiger partial charge in [-0.25, -0.2) is 4.79 Å². The molecule has 1 N–H and O–H groups in total. The highest BCUT2D eigenvalue weighted by molar-refractivity contribution is 5.87. The van der Waals surface area contributed by atoms with Gasteiger partial charge in [0.25, 0.3) is 0 Å². The summed E-state index contributed by atoms with van der Waals surface area (Å²) in [5.41, 5.74) is 3.26. The number of allylic oxidation sites excluding steroid dienone is 1. The summed E-state index contributed by atoms with van der Waals surface area (Å²) in [5, 5.41) is 3.75. The van der Waals surface area contributed by atoms with Crippen LogP contribution in [-0.2, 0) is 11.2 Å². The van der Waals surface area contributed by atoms with Crippen molar-refractivity contribution in [1.29, 1.82) is 0 Å². The van der Waals surface area contributed by atoms with Crippen molar-refractivity contribution in [3.63, 3.8) is 0 Å². The first-order valence-corrected chi connectivity index (χ1v) is 8.98. The molecule has 0 spiro atoms. The van der Waals surface area contributed by atoms with E-state index >= 15 is 0 Å². The number of hydrogen-bond donors (Lipinski definition) is 1. The molecule has 1 amide bonds. The van der Waals surface area contributed by atoms with Crippen LogP contribution in [0.2, 0.25) is 0 Å². The number of carbonyl (C=O) groups is 1. The average Bonchev–Trinajstić information content (AvgIpc) is 3.38. The van der Waals surface area contributed by atoms with Crippen molar-refractivity contribution in [2.75, 3.05) is 6.61 Å². The van der Waals surface area contributed by atoms with E-state index in [1.165, 1.54) is 5.57 Å². The van der Waals surface area contributed by atoms with E-state index in [1.807, 2.05) is 45.9 Å². The molecule has 5 heteroatoms. The van der Waals surface area contributed by atoms with Crippen molar-refractivity contribution in [2.24, 2.45) is 0 Å². The van der Waals surface area contributed by atoms with Gasteiger partial charge in [-0.15, -0.1) is 0 Å². The molecule has 3 rings (SSSR count). The third kappa shape index (κ3) is 3.98. The van der Waals surface area contributed by atoms with E-state index in [1.54, 1.807) is 0 Å². The minimum atomic E-state index is -0.453. The molecule has 1 heterocycles. The SMILES string of the molecule is CC(C)=CCOc1ccc2c(C)c(CC(=O)NC3CC3)c(=O)oc2c1C. The third-order valence-corrected chi connectivity index (χ3v) is 4.66. The van der Waals surface area contributed by atoms with E-state index in [0.29, 0.717) is 23.5 Å². The van der Waals surface area contributed by atoms with Gasteiger partial charge < -0.3 is 14.5 Å². The number of fused-ring (bicyclic) bond motifs is 1.